The normalized spacial score (nSPS) is 10.0. The molecule has 0 aliphatic carbocycles. The Kier molecular flexibility index (Phi) is 2.38. The van der Waals surface area contributed by atoms with Crippen LogP contribution >= 0.6 is 0 Å². The molecule has 60 valence electrons. The van der Waals surface area contributed by atoms with E-state index in [0.717, 1.165) is 12.3 Å². The SMILES string of the molecule is N#Cc1ccc(/C=N\O)cc1F. The van der Waals surface area contributed by atoms with E-state index in [4.69, 9.17) is 10.5 Å². The van der Waals surface area contributed by atoms with Crippen molar-refractivity contribution in [3.63, 3.8) is 0 Å². The summed E-state index contributed by atoms with van der Waals surface area (Å²) in [6, 6.07) is 5.62. The van der Waals surface area contributed by atoms with E-state index in [1.54, 1.807) is 6.07 Å². The van der Waals surface area contributed by atoms with E-state index in [-0.39, 0.29) is 5.56 Å². The minimum atomic E-state index is -0.616. The van der Waals surface area contributed by atoms with Gasteiger partial charge in [0.2, 0.25) is 0 Å². The Morgan fingerprint density at radius 1 is 1.58 bits per heavy atom. The van der Waals surface area contributed by atoms with Gasteiger partial charge >= 0.3 is 0 Å². The maximum atomic E-state index is 12.8. The second-order valence-corrected chi connectivity index (χ2v) is 2.10. The van der Waals surface area contributed by atoms with Crippen LogP contribution in [-0.2, 0) is 0 Å². The van der Waals surface area contributed by atoms with Gasteiger partial charge in [0, 0.05) is 0 Å². The Bertz CT molecular complexity index is 355. The van der Waals surface area contributed by atoms with Crippen LogP contribution < -0.4 is 0 Å². The fourth-order valence-corrected chi connectivity index (χ4v) is 0.769. The lowest BCUT2D eigenvalue weighted by Crippen LogP contribution is -1.87. The molecule has 0 unspecified atom stereocenters. The molecular formula is C8H5FN2O. The van der Waals surface area contributed by atoms with Gasteiger partial charge in [-0.3, -0.25) is 0 Å². The number of hydrogen-bond donors (Lipinski definition) is 1. The average molecular weight is 164 g/mol. The zero-order valence-corrected chi connectivity index (χ0v) is 6.03. The first-order valence-corrected chi connectivity index (χ1v) is 3.15. The maximum absolute atomic E-state index is 12.8. The first-order chi connectivity index (χ1) is 5.77. The summed E-state index contributed by atoms with van der Waals surface area (Å²) in [6.07, 6.45) is 1.09. The van der Waals surface area contributed by atoms with Crippen molar-refractivity contribution in [2.24, 2.45) is 5.16 Å². The van der Waals surface area contributed by atoms with Crippen LogP contribution in [0.1, 0.15) is 11.1 Å². The van der Waals surface area contributed by atoms with Gasteiger partial charge in [0.25, 0.3) is 0 Å². The summed E-state index contributed by atoms with van der Waals surface area (Å²) >= 11 is 0. The van der Waals surface area contributed by atoms with Gasteiger partial charge < -0.3 is 5.21 Å². The molecule has 0 radical (unpaired) electrons. The Balaban J connectivity index is 3.12. The third-order valence-electron chi connectivity index (χ3n) is 1.32. The monoisotopic (exact) mass is 164 g/mol. The summed E-state index contributed by atoms with van der Waals surface area (Å²) in [5.74, 6) is -0.616. The molecule has 0 saturated heterocycles. The molecule has 0 bridgehead atoms. The molecule has 1 N–H and O–H groups in total. The van der Waals surface area contributed by atoms with E-state index < -0.39 is 5.82 Å². The molecule has 0 aromatic heterocycles. The number of nitriles is 1. The molecule has 0 heterocycles. The largest absolute Gasteiger partial charge is 0.411 e. The van der Waals surface area contributed by atoms with Gasteiger partial charge in [0.15, 0.2) is 0 Å². The first kappa shape index (κ1) is 8.21. The van der Waals surface area contributed by atoms with Crippen LogP contribution in [0.5, 0.6) is 0 Å². The second-order valence-electron chi connectivity index (χ2n) is 2.10. The lowest BCUT2D eigenvalue weighted by atomic mass is 10.1. The van der Waals surface area contributed by atoms with E-state index >= 15 is 0 Å². The zero-order valence-electron chi connectivity index (χ0n) is 6.03. The van der Waals surface area contributed by atoms with E-state index in [2.05, 4.69) is 5.16 Å². The predicted molar refractivity (Wildman–Crippen MR) is 40.5 cm³/mol. The van der Waals surface area contributed by atoms with Crippen LogP contribution in [0, 0.1) is 17.1 Å². The highest BCUT2D eigenvalue weighted by Gasteiger charge is 2.00. The Morgan fingerprint density at radius 3 is 2.83 bits per heavy atom. The van der Waals surface area contributed by atoms with Gasteiger partial charge in [-0.1, -0.05) is 11.2 Å². The van der Waals surface area contributed by atoms with Crippen molar-refractivity contribution < 1.29 is 9.60 Å². The number of oxime groups is 1. The lowest BCUT2D eigenvalue weighted by molar-refractivity contribution is 0.322. The summed E-state index contributed by atoms with van der Waals surface area (Å²) in [6.45, 7) is 0. The van der Waals surface area contributed by atoms with Gasteiger partial charge in [-0.15, -0.1) is 0 Å². The van der Waals surface area contributed by atoms with Gasteiger partial charge in [-0.2, -0.15) is 5.26 Å². The summed E-state index contributed by atoms with van der Waals surface area (Å²) in [5, 5.41) is 19.2. The molecule has 0 aliphatic heterocycles. The number of halogens is 1. The number of benzene rings is 1. The van der Waals surface area contributed by atoms with Crippen LogP contribution in [0.2, 0.25) is 0 Å². The Labute approximate surface area is 68.4 Å². The topological polar surface area (TPSA) is 56.4 Å². The fraction of sp³-hybridized carbons (Fsp3) is 0. The Hall–Kier alpha value is -1.89. The van der Waals surface area contributed by atoms with E-state index in [9.17, 15) is 4.39 Å². The van der Waals surface area contributed by atoms with E-state index in [1.807, 2.05) is 0 Å². The third kappa shape index (κ3) is 1.58. The van der Waals surface area contributed by atoms with E-state index in [0.29, 0.717) is 5.56 Å². The Morgan fingerprint density at radius 2 is 2.33 bits per heavy atom. The molecule has 0 atom stereocenters. The van der Waals surface area contributed by atoms with Crippen molar-refractivity contribution in [3.8, 4) is 6.07 Å². The highest BCUT2D eigenvalue weighted by Crippen LogP contribution is 2.07. The summed E-state index contributed by atoms with van der Waals surface area (Å²) < 4.78 is 12.8. The molecule has 12 heavy (non-hydrogen) atoms. The molecule has 3 nitrogen and oxygen atoms in total. The highest BCUT2D eigenvalue weighted by molar-refractivity contribution is 5.79. The van der Waals surface area contributed by atoms with Crippen molar-refractivity contribution in [2.75, 3.05) is 0 Å². The van der Waals surface area contributed by atoms with Crippen LogP contribution in [0.25, 0.3) is 0 Å². The fourth-order valence-electron chi connectivity index (χ4n) is 0.769. The van der Waals surface area contributed by atoms with Crippen LogP contribution in [0.3, 0.4) is 0 Å². The van der Waals surface area contributed by atoms with Gasteiger partial charge in [-0.05, 0) is 17.7 Å². The van der Waals surface area contributed by atoms with Crippen molar-refractivity contribution in [1.29, 1.82) is 5.26 Å². The zero-order chi connectivity index (χ0) is 8.97. The third-order valence-corrected chi connectivity index (χ3v) is 1.32. The van der Waals surface area contributed by atoms with Gasteiger partial charge in [0.1, 0.15) is 11.9 Å². The van der Waals surface area contributed by atoms with Crippen molar-refractivity contribution in [1.82, 2.24) is 0 Å². The number of hydrogen-bond acceptors (Lipinski definition) is 3. The molecule has 1 aromatic rings. The molecular weight excluding hydrogens is 159 g/mol. The summed E-state index contributed by atoms with van der Waals surface area (Å²) in [5.41, 5.74) is 0.388. The second kappa shape index (κ2) is 3.49. The highest BCUT2D eigenvalue weighted by atomic mass is 19.1. The average Bonchev–Trinajstić information content (AvgIpc) is 2.05. The van der Waals surface area contributed by atoms with Crippen LogP contribution in [0.15, 0.2) is 23.4 Å². The molecule has 1 aromatic carbocycles. The molecule has 1 rings (SSSR count). The number of rotatable bonds is 1. The van der Waals surface area contributed by atoms with Crippen molar-refractivity contribution in [3.05, 3.63) is 35.1 Å². The predicted octanol–water partition coefficient (Wildman–Crippen LogP) is 1.51. The van der Waals surface area contributed by atoms with E-state index in [1.165, 1.54) is 12.1 Å². The quantitative estimate of drug-likeness (QED) is 0.388. The smallest absolute Gasteiger partial charge is 0.141 e. The summed E-state index contributed by atoms with van der Waals surface area (Å²) in [4.78, 5) is 0. The minimum Gasteiger partial charge on any atom is -0.411 e. The molecule has 0 saturated carbocycles. The molecule has 0 spiro atoms. The van der Waals surface area contributed by atoms with Crippen molar-refractivity contribution in [2.45, 2.75) is 0 Å². The molecule has 0 amide bonds. The number of nitrogens with zero attached hydrogens (tertiary/aromatic N) is 2. The minimum absolute atomic E-state index is 0.0231. The summed E-state index contributed by atoms with van der Waals surface area (Å²) in [7, 11) is 0. The molecule has 0 fully saturated rings. The molecule has 4 heteroatoms. The van der Waals surface area contributed by atoms with Crippen LogP contribution in [0.4, 0.5) is 4.39 Å². The standard InChI is InChI=1S/C8H5FN2O/c9-8-3-6(5-11-12)1-2-7(8)4-10/h1-3,5,12H/b11-5-. The lowest BCUT2D eigenvalue weighted by Gasteiger charge is -1.93. The van der Waals surface area contributed by atoms with Crippen LogP contribution in [-0.4, -0.2) is 11.4 Å². The first-order valence-electron chi connectivity index (χ1n) is 3.15. The maximum Gasteiger partial charge on any atom is 0.141 e. The van der Waals surface area contributed by atoms with Gasteiger partial charge in [-0.25, -0.2) is 4.39 Å². The van der Waals surface area contributed by atoms with Crippen molar-refractivity contribution >= 4 is 6.21 Å². The molecule has 0 aliphatic rings. The van der Waals surface area contributed by atoms with Gasteiger partial charge in [0.05, 0.1) is 11.8 Å².